The molecule has 5 rings (SSSR count). The number of halogens is 1. The van der Waals surface area contributed by atoms with Crippen LogP contribution in [0.2, 0.25) is 0 Å². The van der Waals surface area contributed by atoms with Gasteiger partial charge in [0, 0.05) is 19.1 Å². The van der Waals surface area contributed by atoms with Gasteiger partial charge < -0.3 is 9.64 Å². The van der Waals surface area contributed by atoms with Crippen molar-refractivity contribution in [3.8, 4) is 11.4 Å². The molecule has 1 aliphatic heterocycles. The molecular formula is C23H23FN4O2S. The van der Waals surface area contributed by atoms with Crippen LogP contribution in [0.25, 0.3) is 11.4 Å². The van der Waals surface area contributed by atoms with Gasteiger partial charge >= 0.3 is 0 Å². The van der Waals surface area contributed by atoms with Crippen LogP contribution in [-0.4, -0.2) is 51.9 Å². The van der Waals surface area contributed by atoms with Crippen molar-refractivity contribution in [2.45, 2.75) is 29.3 Å². The van der Waals surface area contributed by atoms with Crippen LogP contribution in [0.15, 0.2) is 59.8 Å². The summed E-state index contributed by atoms with van der Waals surface area (Å²) in [6.07, 6.45) is 2.00. The maximum absolute atomic E-state index is 14.5. The highest BCUT2D eigenvalue weighted by atomic mass is 32.2. The van der Waals surface area contributed by atoms with Crippen LogP contribution in [0.4, 0.5) is 4.39 Å². The molecule has 2 aliphatic rings. The van der Waals surface area contributed by atoms with Gasteiger partial charge in [0.15, 0.2) is 11.0 Å². The molecule has 0 spiro atoms. The molecule has 160 valence electrons. The molecule has 1 aliphatic carbocycles. The number of carbonyl (C=O) groups excluding carboxylic acids is 1. The van der Waals surface area contributed by atoms with E-state index in [0.29, 0.717) is 42.8 Å². The Balaban J connectivity index is 1.51. The molecule has 1 saturated carbocycles. The number of ether oxygens (including phenoxy) is 1. The largest absolute Gasteiger partial charge is 0.378 e. The van der Waals surface area contributed by atoms with Crippen LogP contribution in [0, 0.1) is 5.82 Å². The molecule has 1 amide bonds. The molecule has 1 atom stereocenters. The van der Waals surface area contributed by atoms with Crippen LogP contribution in [0.1, 0.15) is 29.7 Å². The summed E-state index contributed by atoms with van der Waals surface area (Å²) in [5.74, 6) is 0.239. The van der Waals surface area contributed by atoms with E-state index in [-0.39, 0.29) is 17.8 Å². The standard InChI is InChI=1S/C23H23FN4O2S/c24-19-9-5-4-8-18(19)21-25-26-23(28(21)17-10-11-17)31-20(16-6-2-1-3-7-16)22(29)27-12-14-30-15-13-27/h1-9,17,20H,10-15H2. The Kier molecular flexibility index (Phi) is 5.74. The lowest BCUT2D eigenvalue weighted by Gasteiger charge is -2.30. The highest BCUT2D eigenvalue weighted by Crippen LogP contribution is 2.44. The predicted molar refractivity (Wildman–Crippen MR) is 116 cm³/mol. The summed E-state index contributed by atoms with van der Waals surface area (Å²) in [6, 6.07) is 16.6. The van der Waals surface area contributed by atoms with Crippen LogP contribution in [0.5, 0.6) is 0 Å². The van der Waals surface area contributed by atoms with Crippen molar-refractivity contribution >= 4 is 17.7 Å². The van der Waals surface area contributed by atoms with Crippen molar-refractivity contribution in [1.29, 1.82) is 0 Å². The van der Waals surface area contributed by atoms with Crippen LogP contribution >= 0.6 is 11.8 Å². The molecule has 1 unspecified atom stereocenters. The Bertz CT molecular complexity index is 1060. The van der Waals surface area contributed by atoms with E-state index >= 15 is 0 Å². The van der Waals surface area contributed by atoms with Gasteiger partial charge in [0.2, 0.25) is 5.91 Å². The molecule has 3 aromatic rings. The summed E-state index contributed by atoms with van der Waals surface area (Å²) >= 11 is 1.39. The summed E-state index contributed by atoms with van der Waals surface area (Å²) in [7, 11) is 0. The lowest BCUT2D eigenvalue weighted by Crippen LogP contribution is -2.42. The predicted octanol–water partition coefficient (Wildman–Crippen LogP) is 4.11. The Labute approximate surface area is 184 Å². The molecule has 2 fully saturated rings. The third-order valence-electron chi connectivity index (χ3n) is 5.56. The zero-order valence-electron chi connectivity index (χ0n) is 17.0. The average Bonchev–Trinajstić information content (AvgIpc) is 3.58. The average molecular weight is 439 g/mol. The van der Waals surface area contributed by atoms with E-state index in [2.05, 4.69) is 10.2 Å². The molecular weight excluding hydrogens is 415 g/mol. The number of aromatic nitrogens is 3. The number of morpholine rings is 1. The number of nitrogens with zero attached hydrogens (tertiary/aromatic N) is 4. The number of rotatable bonds is 6. The van der Waals surface area contributed by atoms with E-state index in [1.807, 2.05) is 39.8 Å². The molecule has 2 heterocycles. The molecule has 8 heteroatoms. The molecule has 6 nitrogen and oxygen atoms in total. The number of thioether (sulfide) groups is 1. The second-order valence-electron chi connectivity index (χ2n) is 7.73. The van der Waals surface area contributed by atoms with E-state index in [0.717, 1.165) is 18.4 Å². The lowest BCUT2D eigenvalue weighted by molar-refractivity contribution is -0.134. The number of hydrogen-bond donors (Lipinski definition) is 0. The topological polar surface area (TPSA) is 60.2 Å². The minimum Gasteiger partial charge on any atom is -0.378 e. The summed E-state index contributed by atoms with van der Waals surface area (Å²) in [5.41, 5.74) is 1.35. The Morgan fingerprint density at radius 3 is 2.45 bits per heavy atom. The third-order valence-corrected chi connectivity index (χ3v) is 6.76. The molecule has 0 bridgehead atoms. The lowest BCUT2D eigenvalue weighted by atomic mass is 10.1. The summed E-state index contributed by atoms with van der Waals surface area (Å²) in [5, 5.41) is 8.94. The van der Waals surface area contributed by atoms with Gasteiger partial charge in [-0.2, -0.15) is 0 Å². The maximum Gasteiger partial charge on any atom is 0.240 e. The number of carbonyl (C=O) groups is 1. The fraction of sp³-hybridized carbons (Fsp3) is 0.348. The maximum atomic E-state index is 14.5. The highest BCUT2D eigenvalue weighted by Gasteiger charge is 2.35. The van der Waals surface area contributed by atoms with E-state index < -0.39 is 5.25 Å². The molecule has 1 aromatic heterocycles. The van der Waals surface area contributed by atoms with E-state index in [4.69, 9.17) is 4.74 Å². The Hall–Kier alpha value is -2.71. The number of benzene rings is 2. The second-order valence-corrected chi connectivity index (χ2v) is 8.81. The summed E-state index contributed by atoms with van der Waals surface area (Å²) < 4.78 is 21.9. The SMILES string of the molecule is O=C(C(Sc1nnc(-c2ccccc2F)n1C1CC1)c1ccccc1)N1CCOCC1. The number of hydrogen-bond acceptors (Lipinski definition) is 5. The quantitative estimate of drug-likeness (QED) is 0.542. The van der Waals surface area contributed by atoms with Crippen molar-refractivity contribution < 1.29 is 13.9 Å². The van der Waals surface area contributed by atoms with Crippen LogP contribution < -0.4 is 0 Å². The van der Waals surface area contributed by atoms with Crippen LogP contribution in [0.3, 0.4) is 0 Å². The Morgan fingerprint density at radius 2 is 1.74 bits per heavy atom. The van der Waals surface area contributed by atoms with Crippen molar-refractivity contribution in [3.05, 3.63) is 66.0 Å². The van der Waals surface area contributed by atoms with Crippen molar-refractivity contribution in [2.24, 2.45) is 0 Å². The molecule has 0 radical (unpaired) electrons. The number of amides is 1. The zero-order valence-corrected chi connectivity index (χ0v) is 17.8. The van der Waals surface area contributed by atoms with Crippen molar-refractivity contribution in [2.75, 3.05) is 26.3 Å². The van der Waals surface area contributed by atoms with Gasteiger partial charge in [-0.3, -0.25) is 9.36 Å². The van der Waals surface area contributed by atoms with Gasteiger partial charge in [-0.15, -0.1) is 10.2 Å². The van der Waals surface area contributed by atoms with E-state index in [1.54, 1.807) is 18.2 Å². The zero-order chi connectivity index (χ0) is 21.2. The van der Waals surface area contributed by atoms with E-state index in [9.17, 15) is 9.18 Å². The first kappa shape index (κ1) is 20.2. The smallest absolute Gasteiger partial charge is 0.240 e. The normalized spacial score (nSPS) is 17.5. The molecule has 31 heavy (non-hydrogen) atoms. The van der Waals surface area contributed by atoms with Gasteiger partial charge in [-0.05, 0) is 30.5 Å². The van der Waals surface area contributed by atoms with Crippen molar-refractivity contribution in [1.82, 2.24) is 19.7 Å². The van der Waals surface area contributed by atoms with Gasteiger partial charge in [0.1, 0.15) is 11.1 Å². The minimum atomic E-state index is -0.450. The fourth-order valence-corrected chi connectivity index (χ4v) is 4.98. The monoisotopic (exact) mass is 438 g/mol. The summed E-state index contributed by atoms with van der Waals surface area (Å²) in [6.45, 7) is 2.26. The highest BCUT2D eigenvalue weighted by molar-refractivity contribution is 8.00. The first-order valence-electron chi connectivity index (χ1n) is 10.5. The second kappa shape index (κ2) is 8.80. The third kappa shape index (κ3) is 4.22. The Morgan fingerprint density at radius 1 is 1.03 bits per heavy atom. The first-order chi connectivity index (χ1) is 15.2. The van der Waals surface area contributed by atoms with Gasteiger partial charge in [0.25, 0.3) is 0 Å². The first-order valence-corrected chi connectivity index (χ1v) is 11.4. The summed E-state index contributed by atoms with van der Waals surface area (Å²) in [4.78, 5) is 15.3. The fourth-order valence-electron chi connectivity index (χ4n) is 3.79. The van der Waals surface area contributed by atoms with Gasteiger partial charge in [-0.1, -0.05) is 54.2 Å². The minimum absolute atomic E-state index is 0.0392. The van der Waals surface area contributed by atoms with Crippen molar-refractivity contribution in [3.63, 3.8) is 0 Å². The molecule has 2 aromatic carbocycles. The molecule has 0 N–H and O–H groups in total. The van der Waals surface area contributed by atoms with Gasteiger partial charge in [0.05, 0.1) is 18.8 Å². The molecule has 1 saturated heterocycles. The van der Waals surface area contributed by atoms with Crippen LogP contribution in [-0.2, 0) is 9.53 Å². The van der Waals surface area contributed by atoms with Gasteiger partial charge in [-0.25, -0.2) is 4.39 Å². The van der Waals surface area contributed by atoms with E-state index in [1.165, 1.54) is 17.8 Å².